The summed E-state index contributed by atoms with van der Waals surface area (Å²) in [5, 5.41) is 3.68. The van der Waals surface area contributed by atoms with Crippen molar-refractivity contribution in [2.45, 2.75) is 58.5 Å². The second-order valence-corrected chi connectivity index (χ2v) is 7.30. The molecule has 1 N–H and O–H groups in total. The van der Waals surface area contributed by atoms with Crippen molar-refractivity contribution in [3.05, 3.63) is 0 Å². The van der Waals surface area contributed by atoms with E-state index in [0.29, 0.717) is 0 Å². The van der Waals surface area contributed by atoms with Gasteiger partial charge in [-0.15, -0.1) is 0 Å². The molecular weight excluding hydrogens is 228 g/mol. The summed E-state index contributed by atoms with van der Waals surface area (Å²) in [6, 6.07) is 0.734. The third-order valence-electron chi connectivity index (χ3n) is 3.26. The lowest BCUT2D eigenvalue weighted by atomic mass is 10.1. The molecule has 0 amide bonds. The smallest absolute Gasteiger partial charge is 0.0221 e. The third kappa shape index (κ3) is 6.68. The molecule has 0 aromatic rings. The van der Waals surface area contributed by atoms with Crippen molar-refractivity contribution < 1.29 is 0 Å². The molecule has 1 heterocycles. The number of hydrogen-bond donors (Lipinski definition) is 1. The minimum absolute atomic E-state index is 0.243. The van der Waals surface area contributed by atoms with E-state index in [-0.39, 0.29) is 5.54 Å². The standard InChI is InChI=1S/C14H30N2S/c1-5-7-13(12-15-14(2,3)4)16-8-6-10-17-11-9-16/h13,15H,5-12H2,1-4H3. The number of rotatable bonds is 5. The number of nitrogens with zero attached hydrogens (tertiary/aromatic N) is 1. The van der Waals surface area contributed by atoms with E-state index in [1.807, 2.05) is 0 Å². The fourth-order valence-electron chi connectivity index (χ4n) is 2.30. The van der Waals surface area contributed by atoms with Crippen LogP contribution >= 0.6 is 11.8 Å². The van der Waals surface area contributed by atoms with Gasteiger partial charge in [-0.2, -0.15) is 11.8 Å². The molecule has 1 aliphatic rings. The molecule has 3 heteroatoms. The van der Waals surface area contributed by atoms with Crippen LogP contribution in [0.5, 0.6) is 0 Å². The van der Waals surface area contributed by atoms with Gasteiger partial charge in [0.25, 0.3) is 0 Å². The van der Waals surface area contributed by atoms with Crippen molar-refractivity contribution >= 4 is 11.8 Å². The highest BCUT2D eigenvalue weighted by molar-refractivity contribution is 7.99. The molecule has 1 unspecified atom stereocenters. The molecule has 1 saturated heterocycles. The lowest BCUT2D eigenvalue weighted by Crippen LogP contribution is -2.48. The molecule has 0 aromatic heterocycles. The average Bonchev–Trinajstić information content (AvgIpc) is 2.51. The molecule has 0 aliphatic carbocycles. The Morgan fingerprint density at radius 1 is 1.24 bits per heavy atom. The molecule has 1 rings (SSSR count). The van der Waals surface area contributed by atoms with Gasteiger partial charge in [-0.25, -0.2) is 0 Å². The maximum atomic E-state index is 3.68. The van der Waals surface area contributed by atoms with Crippen LogP contribution < -0.4 is 5.32 Å². The molecule has 1 aliphatic heterocycles. The molecule has 1 atom stereocenters. The van der Waals surface area contributed by atoms with Crippen LogP contribution in [0.25, 0.3) is 0 Å². The lowest BCUT2D eigenvalue weighted by Gasteiger charge is -2.33. The fraction of sp³-hybridized carbons (Fsp3) is 1.00. The van der Waals surface area contributed by atoms with Gasteiger partial charge in [-0.1, -0.05) is 13.3 Å². The van der Waals surface area contributed by atoms with E-state index in [9.17, 15) is 0 Å². The molecule has 1 fully saturated rings. The first-order valence-corrected chi connectivity index (χ1v) is 8.25. The van der Waals surface area contributed by atoms with Gasteiger partial charge in [0.05, 0.1) is 0 Å². The first-order valence-electron chi connectivity index (χ1n) is 7.10. The summed E-state index contributed by atoms with van der Waals surface area (Å²) in [5.74, 6) is 2.66. The zero-order valence-electron chi connectivity index (χ0n) is 12.1. The molecule has 0 radical (unpaired) electrons. The van der Waals surface area contributed by atoms with Gasteiger partial charge in [-0.05, 0) is 45.9 Å². The van der Waals surface area contributed by atoms with Gasteiger partial charge in [0.15, 0.2) is 0 Å². The van der Waals surface area contributed by atoms with Crippen LogP contribution in [0.3, 0.4) is 0 Å². The molecule has 0 aromatic carbocycles. The number of nitrogens with one attached hydrogen (secondary N) is 1. The van der Waals surface area contributed by atoms with Crippen LogP contribution in [0.4, 0.5) is 0 Å². The Hall–Kier alpha value is 0.270. The first kappa shape index (κ1) is 15.3. The van der Waals surface area contributed by atoms with Crippen LogP contribution in [0.2, 0.25) is 0 Å². The fourth-order valence-corrected chi connectivity index (χ4v) is 3.20. The Balaban J connectivity index is 2.44. The molecular formula is C14H30N2S. The average molecular weight is 258 g/mol. The summed E-state index contributed by atoms with van der Waals surface area (Å²) in [4.78, 5) is 2.71. The predicted molar refractivity (Wildman–Crippen MR) is 80.0 cm³/mol. The van der Waals surface area contributed by atoms with Gasteiger partial charge >= 0.3 is 0 Å². The highest BCUT2D eigenvalue weighted by Gasteiger charge is 2.20. The van der Waals surface area contributed by atoms with Crippen molar-refractivity contribution in [3.63, 3.8) is 0 Å². The topological polar surface area (TPSA) is 15.3 Å². The molecule has 17 heavy (non-hydrogen) atoms. The molecule has 0 spiro atoms. The Morgan fingerprint density at radius 3 is 2.65 bits per heavy atom. The summed E-state index contributed by atoms with van der Waals surface area (Å²) in [7, 11) is 0. The zero-order valence-corrected chi connectivity index (χ0v) is 12.9. The summed E-state index contributed by atoms with van der Waals surface area (Å²) in [5.41, 5.74) is 0.243. The van der Waals surface area contributed by atoms with Crippen molar-refractivity contribution in [3.8, 4) is 0 Å². The van der Waals surface area contributed by atoms with Gasteiger partial charge in [0.1, 0.15) is 0 Å². The Bertz CT molecular complexity index is 193. The summed E-state index contributed by atoms with van der Waals surface area (Å²) < 4.78 is 0. The van der Waals surface area contributed by atoms with E-state index in [4.69, 9.17) is 0 Å². The van der Waals surface area contributed by atoms with Crippen LogP contribution in [-0.4, -0.2) is 47.6 Å². The van der Waals surface area contributed by atoms with Crippen LogP contribution in [-0.2, 0) is 0 Å². The molecule has 0 saturated carbocycles. The highest BCUT2D eigenvalue weighted by Crippen LogP contribution is 2.15. The Kier molecular flexibility index (Phi) is 6.90. The van der Waals surface area contributed by atoms with E-state index in [1.165, 1.54) is 43.9 Å². The minimum Gasteiger partial charge on any atom is -0.311 e. The van der Waals surface area contributed by atoms with E-state index >= 15 is 0 Å². The number of hydrogen-bond acceptors (Lipinski definition) is 3. The predicted octanol–water partition coefficient (Wildman–Crippen LogP) is 2.98. The largest absolute Gasteiger partial charge is 0.311 e. The van der Waals surface area contributed by atoms with Crippen molar-refractivity contribution in [1.82, 2.24) is 10.2 Å². The van der Waals surface area contributed by atoms with Crippen molar-refractivity contribution in [2.75, 3.05) is 31.1 Å². The molecule has 2 nitrogen and oxygen atoms in total. The van der Waals surface area contributed by atoms with Gasteiger partial charge in [-0.3, -0.25) is 4.90 Å². The molecule has 0 bridgehead atoms. The van der Waals surface area contributed by atoms with Gasteiger partial charge < -0.3 is 5.32 Å². The highest BCUT2D eigenvalue weighted by atomic mass is 32.2. The van der Waals surface area contributed by atoms with Crippen LogP contribution in [0.1, 0.15) is 47.0 Å². The molecule has 102 valence electrons. The second kappa shape index (κ2) is 7.65. The number of thioether (sulfide) groups is 1. The van der Waals surface area contributed by atoms with E-state index in [2.05, 4.69) is 49.7 Å². The monoisotopic (exact) mass is 258 g/mol. The third-order valence-corrected chi connectivity index (χ3v) is 4.31. The maximum Gasteiger partial charge on any atom is 0.0221 e. The quantitative estimate of drug-likeness (QED) is 0.816. The second-order valence-electron chi connectivity index (χ2n) is 6.08. The van der Waals surface area contributed by atoms with E-state index in [0.717, 1.165) is 12.6 Å². The summed E-state index contributed by atoms with van der Waals surface area (Å²) in [6.07, 6.45) is 3.98. The van der Waals surface area contributed by atoms with Crippen molar-refractivity contribution in [2.24, 2.45) is 0 Å². The minimum atomic E-state index is 0.243. The lowest BCUT2D eigenvalue weighted by molar-refractivity contribution is 0.185. The summed E-state index contributed by atoms with van der Waals surface area (Å²) >= 11 is 2.12. The van der Waals surface area contributed by atoms with E-state index < -0.39 is 0 Å². The Morgan fingerprint density at radius 2 is 2.00 bits per heavy atom. The normalized spacial score (nSPS) is 21.2. The SMILES string of the molecule is CCCC(CNC(C)(C)C)N1CCCSCC1. The Labute approximate surface area is 112 Å². The van der Waals surface area contributed by atoms with Crippen LogP contribution in [0.15, 0.2) is 0 Å². The van der Waals surface area contributed by atoms with Gasteiger partial charge in [0.2, 0.25) is 0 Å². The van der Waals surface area contributed by atoms with E-state index in [1.54, 1.807) is 0 Å². The zero-order chi connectivity index (χ0) is 12.7. The first-order chi connectivity index (χ1) is 8.03. The van der Waals surface area contributed by atoms with Gasteiger partial charge in [0, 0.05) is 30.4 Å². The summed E-state index contributed by atoms with van der Waals surface area (Å²) in [6.45, 7) is 12.8. The van der Waals surface area contributed by atoms with Crippen LogP contribution in [0, 0.1) is 0 Å². The van der Waals surface area contributed by atoms with Crippen molar-refractivity contribution in [1.29, 1.82) is 0 Å². The maximum absolute atomic E-state index is 3.68.